The van der Waals surface area contributed by atoms with Gasteiger partial charge in [-0.3, -0.25) is 4.79 Å². The normalized spacial score (nSPS) is 10.3. The average molecular weight is 250 g/mol. The second-order valence-corrected chi connectivity index (χ2v) is 4.89. The molecule has 0 bridgehead atoms. The molecular formula is C9H12ClNO3S. The van der Waals surface area contributed by atoms with E-state index in [2.05, 4.69) is 5.32 Å². The molecule has 4 nitrogen and oxygen atoms in total. The van der Waals surface area contributed by atoms with Crippen LogP contribution in [0, 0.1) is 0 Å². The first-order chi connectivity index (χ1) is 6.45. The third-order valence-corrected chi connectivity index (χ3v) is 2.90. The number of halogens is 1. The molecule has 0 heterocycles. The van der Waals surface area contributed by atoms with Crippen LogP contribution in [0.3, 0.4) is 0 Å². The molecule has 84 valence electrons. The first kappa shape index (κ1) is 13.9. The highest BCUT2D eigenvalue weighted by atomic mass is 35.5. The first-order valence-corrected chi connectivity index (χ1v) is 5.86. The van der Waals surface area contributed by atoms with Crippen molar-refractivity contribution in [2.75, 3.05) is 13.3 Å². The van der Waals surface area contributed by atoms with Crippen molar-refractivity contribution in [1.29, 1.82) is 0 Å². The van der Waals surface area contributed by atoms with Gasteiger partial charge in [-0.15, -0.1) is 12.4 Å². The second-order valence-electron chi connectivity index (χ2n) is 2.88. The number of carbonyl (C=O) groups excluding carboxylic acids is 1. The van der Waals surface area contributed by atoms with E-state index in [4.69, 9.17) is 0 Å². The van der Waals surface area contributed by atoms with E-state index in [1.54, 1.807) is 0 Å². The summed E-state index contributed by atoms with van der Waals surface area (Å²) in [6, 6.07) is 5.80. The van der Waals surface area contributed by atoms with E-state index in [0.717, 1.165) is 6.26 Å². The topological polar surface area (TPSA) is 63.2 Å². The third kappa shape index (κ3) is 3.53. The molecule has 15 heavy (non-hydrogen) atoms. The number of nitrogens with one attached hydrogen (secondary N) is 1. The Morgan fingerprint density at radius 3 is 2.00 bits per heavy atom. The van der Waals surface area contributed by atoms with E-state index in [0.29, 0.717) is 5.56 Å². The van der Waals surface area contributed by atoms with Crippen molar-refractivity contribution in [2.45, 2.75) is 4.90 Å². The molecule has 6 heteroatoms. The molecule has 1 aromatic carbocycles. The van der Waals surface area contributed by atoms with Crippen molar-refractivity contribution in [3.63, 3.8) is 0 Å². The van der Waals surface area contributed by atoms with Gasteiger partial charge in [0.1, 0.15) is 0 Å². The summed E-state index contributed by atoms with van der Waals surface area (Å²) in [4.78, 5) is 11.3. The molecule has 0 aliphatic rings. The van der Waals surface area contributed by atoms with Crippen molar-refractivity contribution < 1.29 is 13.2 Å². The van der Waals surface area contributed by atoms with Gasteiger partial charge in [-0.2, -0.15) is 0 Å². The van der Waals surface area contributed by atoms with E-state index in [9.17, 15) is 13.2 Å². The van der Waals surface area contributed by atoms with Crippen LogP contribution in [0.15, 0.2) is 29.2 Å². The van der Waals surface area contributed by atoms with Crippen molar-refractivity contribution in [3.8, 4) is 0 Å². The van der Waals surface area contributed by atoms with Crippen LogP contribution in [0.4, 0.5) is 0 Å². The minimum Gasteiger partial charge on any atom is -0.355 e. The van der Waals surface area contributed by atoms with Gasteiger partial charge in [-0.05, 0) is 24.3 Å². The number of hydrogen-bond donors (Lipinski definition) is 1. The molecule has 1 aromatic rings. The molecule has 0 spiro atoms. The van der Waals surface area contributed by atoms with Crippen LogP contribution in [0.2, 0.25) is 0 Å². The highest BCUT2D eigenvalue weighted by molar-refractivity contribution is 7.90. The van der Waals surface area contributed by atoms with Crippen LogP contribution in [0.5, 0.6) is 0 Å². The van der Waals surface area contributed by atoms with Gasteiger partial charge in [0.2, 0.25) is 0 Å². The van der Waals surface area contributed by atoms with Crippen molar-refractivity contribution in [3.05, 3.63) is 29.8 Å². The van der Waals surface area contributed by atoms with Crippen LogP contribution in [0.25, 0.3) is 0 Å². The average Bonchev–Trinajstić information content (AvgIpc) is 2.15. The smallest absolute Gasteiger partial charge is 0.251 e. The molecule has 0 radical (unpaired) electrons. The Balaban J connectivity index is 0.00000196. The summed E-state index contributed by atoms with van der Waals surface area (Å²) in [5.74, 6) is -0.231. The maximum Gasteiger partial charge on any atom is 0.251 e. The lowest BCUT2D eigenvalue weighted by Gasteiger charge is -2.01. The lowest BCUT2D eigenvalue weighted by Crippen LogP contribution is -2.17. The quantitative estimate of drug-likeness (QED) is 0.846. The van der Waals surface area contributed by atoms with Crippen LogP contribution < -0.4 is 5.32 Å². The van der Waals surface area contributed by atoms with Gasteiger partial charge in [0.15, 0.2) is 9.84 Å². The summed E-state index contributed by atoms with van der Waals surface area (Å²) in [6.45, 7) is 0. The number of rotatable bonds is 2. The van der Waals surface area contributed by atoms with Crippen molar-refractivity contribution in [2.24, 2.45) is 0 Å². The van der Waals surface area contributed by atoms with Crippen LogP contribution in [-0.2, 0) is 9.84 Å². The van der Waals surface area contributed by atoms with E-state index >= 15 is 0 Å². The Kier molecular flexibility index (Phi) is 4.77. The molecule has 1 rings (SSSR count). The number of carbonyl (C=O) groups is 1. The van der Waals surface area contributed by atoms with E-state index in [1.807, 2.05) is 0 Å². The lowest BCUT2D eigenvalue weighted by atomic mass is 10.2. The molecule has 1 N–H and O–H groups in total. The maximum absolute atomic E-state index is 11.1. The molecule has 1 amide bonds. The zero-order valence-electron chi connectivity index (χ0n) is 8.35. The Hall–Kier alpha value is -1.07. The summed E-state index contributed by atoms with van der Waals surface area (Å²) < 4.78 is 22.2. The van der Waals surface area contributed by atoms with E-state index in [-0.39, 0.29) is 23.2 Å². The minimum atomic E-state index is -3.18. The molecule has 0 saturated carbocycles. The van der Waals surface area contributed by atoms with Crippen LogP contribution in [0.1, 0.15) is 10.4 Å². The fraction of sp³-hybridized carbons (Fsp3) is 0.222. The zero-order chi connectivity index (χ0) is 10.8. The Bertz CT molecular complexity index is 439. The third-order valence-electron chi connectivity index (χ3n) is 1.77. The van der Waals surface area contributed by atoms with Gasteiger partial charge in [-0.1, -0.05) is 0 Å². The number of benzene rings is 1. The number of amides is 1. The summed E-state index contributed by atoms with van der Waals surface area (Å²) in [6.07, 6.45) is 1.13. The highest BCUT2D eigenvalue weighted by Crippen LogP contribution is 2.09. The molecule has 0 atom stereocenters. The maximum atomic E-state index is 11.1. The molecule has 0 fully saturated rings. The monoisotopic (exact) mass is 249 g/mol. The van der Waals surface area contributed by atoms with Gasteiger partial charge >= 0.3 is 0 Å². The molecule has 0 aliphatic heterocycles. The lowest BCUT2D eigenvalue weighted by molar-refractivity contribution is 0.0963. The molecule has 0 aliphatic carbocycles. The molecular weight excluding hydrogens is 238 g/mol. The zero-order valence-corrected chi connectivity index (χ0v) is 9.98. The van der Waals surface area contributed by atoms with Crippen LogP contribution in [-0.4, -0.2) is 27.6 Å². The van der Waals surface area contributed by atoms with Crippen molar-refractivity contribution >= 4 is 28.2 Å². The number of hydrogen-bond acceptors (Lipinski definition) is 3. The first-order valence-electron chi connectivity index (χ1n) is 3.97. The standard InChI is InChI=1S/C9H11NO3S.ClH/c1-10-9(11)7-3-5-8(6-4-7)14(2,12)13;/h3-6H,1-2H3,(H,10,11);1H. The van der Waals surface area contributed by atoms with Gasteiger partial charge in [0.05, 0.1) is 4.90 Å². The minimum absolute atomic E-state index is 0. The Labute approximate surface area is 95.0 Å². The molecule has 0 unspecified atom stereocenters. The number of sulfone groups is 1. The second kappa shape index (κ2) is 5.14. The Morgan fingerprint density at radius 1 is 1.20 bits per heavy atom. The fourth-order valence-electron chi connectivity index (χ4n) is 0.998. The fourth-order valence-corrected chi connectivity index (χ4v) is 1.63. The predicted molar refractivity (Wildman–Crippen MR) is 60.2 cm³/mol. The van der Waals surface area contributed by atoms with Gasteiger partial charge in [-0.25, -0.2) is 8.42 Å². The van der Waals surface area contributed by atoms with Gasteiger partial charge in [0, 0.05) is 18.9 Å². The predicted octanol–water partition coefficient (Wildman–Crippen LogP) is 0.872. The SMILES string of the molecule is CNC(=O)c1ccc(S(C)(=O)=O)cc1.Cl. The summed E-state index contributed by atoms with van der Waals surface area (Å²) in [5.41, 5.74) is 0.444. The van der Waals surface area contributed by atoms with E-state index < -0.39 is 9.84 Å². The van der Waals surface area contributed by atoms with Gasteiger partial charge in [0.25, 0.3) is 5.91 Å². The molecule has 0 aromatic heterocycles. The largest absolute Gasteiger partial charge is 0.355 e. The summed E-state index contributed by atoms with van der Waals surface area (Å²) in [7, 11) is -1.66. The molecule has 0 saturated heterocycles. The van der Waals surface area contributed by atoms with Crippen LogP contribution >= 0.6 is 12.4 Å². The summed E-state index contributed by atoms with van der Waals surface area (Å²) >= 11 is 0. The van der Waals surface area contributed by atoms with E-state index in [1.165, 1.54) is 31.3 Å². The van der Waals surface area contributed by atoms with Crippen molar-refractivity contribution in [1.82, 2.24) is 5.32 Å². The summed E-state index contributed by atoms with van der Waals surface area (Å²) in [5, 5.41) is 2.45. The Morgan fingerprint density at radius 2 is 1.67 bits per heavy atom. The highest BCUT2D eigenvalue weighted by Gasteiger charge is 2.08. The van der Waals surface area contributed by atoms with Gasteiger partial charge < -0.3 is 5.32 Å².